The Kier molecular flexibility index (Phi) is 5.54. The standard InChI is InChI=1S/C18H12Cl2N4O3/c19-12-3-1-2-4-14(12)27-15-9-10(7-8-22-15)23-18(26)13-6-5-11(17(21)25)16(20)24-13/h1-9H,(H2,21,25)(H,22,23,26). The van der Waals surface area contributed by atoms with Gasteiger partial charge in [0, 0.05) is 18.0 Å². The number of hydrogen-bond acceptors (Lipinski definition) is 5. The fraction of sp³-hybridized carbons (Fsp3) is 0. The van der Waals surface area contributed by atoms with Gasteiger partial charge in [0.15, 0.2) is 0 Å². The van der Waals surface area contributed by atoms with Crippen LogP contribution in [0.2, 0.25) is 10.2 Å². The van der Waals surface area contributed by atoms with Crippen molar-refractivity contribution in [3.8, 4) is 11.6 Å². The van der Waals surface area contributed by atoms with Crippen LogP contribution in [0.3, 0.4) is 0 Å². The molecule has 2 amide bonds. The van der Waals surface area contributed by atoms with Gasteiger partial charge in [-0.15, -0.1) is 0 Å². The van der Waals surface area contributed by atoms with Crippen LogP contribution in [0.25, 0.3) is 0 Å². The average molecular weight is 403 g/mol. The van der Waals surface area contributed by atoms with E-state index in [4.69, 9.17) is 33.7 Å². The van der Waals surface area contributed by atoms with E-state index in [1.807, 2.05) is 0 Å². The van der Waals surface area contributed by atoms with Gasteiger partial charge in [-0.05, 0) is 30.3 Å². The molecule has 3 aromatic rings. The fourth-order valence-electron chi connectivity index (χ4n) is 2.12. The number of nitrogens with zero attached hydrogens (tertiary/aromatic N) is 2. The Morgan fingerprint density at radius 2 is 1.85 bits per heavy atom. The number of amides is 2. The van der Waals surface area contributed by atoms with E-state index in [-0.39, 0.29) is 22.3 Å². The maximum absolute atomic E-state index is 12.3. The SMILES string of the molecule is NC(=O)c1ccc(C(=O)Nc2ccnc(Oc3ccccc3Cl)c2)nc1Cl. The second-order valence-electron chi connectivity index (χ2n) is 5.27. The number of para-hydroxylation sites is 1. The van der Waals surface area contributed by atoms with E-state index in [0.717, 1.165) is 0 Å². The summed E-state index contributed by atoms with van der Waals surface area (Å²) in [6, 6.07) is 12.7. The van der Waals surface area contributed by atoms with Crippen LogP contribution in [0.5, 0.6) is 11.6 Å². The Balaban J connectivity index is 1.76. The lowest BCUT2D eigenvalue weighted by Crippen LogP contribution is -2.17. The maximum Gasteiger partial charge on any atom is 0.274 e. The largest absolute Gasteiger partial charge is 0.437 e. The normalized spacial score (nSPS) is 10.3. The lowest BCUT2D eigenvalue weighted by Gasteiger charge is -2.09. The molecule has 136 valence electrons. The Morgan fingerprint density at radius 3 is 2.56 bits per heavy atom. The van der Waals surface area contributed by atoms with Crippen LogP contribution in [0.15, 0.2) is 54.7 Å². The van der Waals surface area contributed by atoms with Gasteiger partial charge in [-0.1, -0.05) is 35.3 Å². The molecule has 1 aromatic carbocycles. The molecule has 0 aliphatic carbocycles. The number of halogens is 2. The molecule has 0 fully saturated rings. The number of benzene rings is 1. The third-order valence-corrected chi connectivity index (χ3v) is 3.99. The maximum atomic E-state index is 12.3. The highest BCUT2D eigenvalue weighted by molar-refractivity contribution is 6.33. The molecule has 2 heterocycles. The predicted molar refractivity (Wildman–Crippen MR) is 101 cm³/mol. The lowest BCUT2D eigenvalue weighted by molar-refractivity contribution is 0.0993. The molecule has 0 saturated heterocycles. The Labute approximate surface area is 164 Å². The van der Waals surface area contributed by atoms with E-state index in [1.54, 1.807) is 30.3 Å². The number of carbonyl (C=O) groups is 2. The molecule has 27 heavy (non-hydrogen) atoms. The molecule has 0 saturated carbocycles. The summed E-state index contributed by atoms with van der Waals surface area (Å²) in [6.07, 6.45) is 1.47. The molecular formula is C18H12Cl2N4O3. The van der Waals surface area contributed by atoms with Gasteiger partial charge >= 0.3 is 0 Å². The van der Waals surface area contributed by atoms with Gasteiger partial charge in [-0.2, -0.15) is 0 Å². The highest BCUT2D eigenvalue weighted by atomic mass is 35.5. The van der Waals surface area contributed by atoms with Gasteiger partial charge in [0.25, 0.3) is 11.8 Å². The minimum Gasteiger partial charge on any atom is -0.437 e. The van der Waals surface area contributed by atoms with Gasteiger partial charge in [0.05, 0.1) is 10.6 Å². The predicted octanol–water partition coefficient (Wildman–Crippen LogP) is 3.93. The third-order valence-electron chi connectivity index (χ3n) is 3.39. The molecular weight excluding hydrogens is 391 g/mol. The number of nitrogens with two attached hydrogens (primary N) is 1. The van der Waals surface area contributed by atoms with Crippen LogP contribution in [0.1, 0.15) is 20.8 Å². The lowest BCUT2D eigenvalue weighted by atomic mass is 10.2. The molecule has 3 N–H and O–H groups in total. The van der Waals surface area contributed by atoms with E-state index in [0.29, 0.717) is 16.5 Å². The molecule has 7 nitrogen and oxygen atoms in total. The summed E-state index contributed by atoms with van der Waals surface area (Å²) in [5, 5.41) is 2.93. The van der Waals surface area contributed by atoms with Crippen LogP contribution in [0, 0.1) is 0 Å². The number of aromatic nitrogens is 2. The first-order valence-electron chi connectivity index (χ1n) is 7.60. The Morgan fingerprint density at radius 1 is 1.07 bits per heavy atom. The van der Waals surface area contributed by atoms with E-state index < -0.39 is 11.8 Å². The molecule has 0 aliphatic rings. The number of pyridine rings is 2. The molecule has 0 radical (unpaired) electrons. The van der Waals surface area contributed by atoms with E-state index in [2.05, 4.69) is 15.3 Å². The minimum absolute atomic E-state index is 0.0235. The third kappa shape index (κ3) is 4.52. The molecule has 0 unspecified atom stereocenters. The van der Waals surface area contributed by atoms with Crippen LogP contribution in [-0.4, -0.2) is 21.8 Å². The number of carbonyl (C=O) groups excluding carboxylic acids is 2. The first-order valence-corrected chi connectivity index (χ1v) is 8.36. The van der Waals surface area contributed by atoms with Gasteiger partial charge in [-0.25, -0.2) is 9.97 Å². The fourth-order valence-corrected chi connectivity index (χ4v) is 2.54. The highest BCUT2D eigenvalue weighted by Crippen LogP contribution is 2.28. The number of anilines is 1. The number of ether oxygens (including phenoxy) is 1. The summed E-state index contributed by atoms with van der Waals surface area (Å²) in [6.45, 7) is 0. The van der Waals surface area contributed by atoms with Crippen molar-refractivity contribution in [3.05, 3.63) is 76.2 Å². The quantitative estimate of drug-likeness (QED) is 0.628. The first-order chi connectivity index (χ1) is 12.9. The smallest absolute Gasteiger partial charge is 0.274 e. The number of nitrogens with one attached hydrogen (secondary N) is 1. The molecule has 9 heteroatoms. The van der Waals surface area contributed by atoms with Gasteiger partial charge in [0.1, 0.15) is 16.6 Å². The van der Waals surface area contributed by atoms with Crippen molar-refractivity contribution in [3.63, 3.8) is 0 Å². The molecule has 3 rings (SSSR count). The van der Waals surface area contributed by atoms with E-state index >= 15 is 0 Å². The second kappa shape index (κ2) is 8.03. The molecule has 0 bridgehead atoms. The summed E-state index contributed by atoms with van der Waals surface area (Å²) >= 11 is 11.9. The van der Waals surface area contributed by atoms with Gasteiger partial charge < -0.3 is 15.8 Å². The number of primary amides is 1. The second-order valence-corrected chi connectivity index (χ2v) is 6.03. The zero-order chi connectivity index (χ0) is 19.4. The summed E-state index contributed by atoms with van der Waals surface area (Å²) in [4.78, 5) is 31.5. The topological polar surface area (TPSA) is 107 Å². The molecule has 0 atom stereocenters. The van der Waals surface area contributed by atoms with Crippen molar-refractivity contribution in [1.29, 1.82) is 0 Å². The van der Waals surface area contributed by atoms with Crippen molar-refractivity contribution >= 4 is 40.7 Å². The van der Waals surface area contributed by atoms with Gasteiger partial charge in [0.2, 0.25) is 5.88 Å². The van der Waals surface area contributed by atoms with Crippen LogP contribution in [-0.2, 0) is 0 Å². The highest BCUT2D eigenvalue weighted by Gasteiger charge is 2.14. The van der Waals surface area contributed by atoms with Crippen molar-refractivity contribution in [2.75, 3.05) is 5.32 Å². The summed E-state index contributed by atoms with van der Waals surface area (Å²) in [5.74, 6) is -0.570. The van der Waals surface area contributed by atoms with Crippen LogP contribution in [0.4, 0.5) is 5.69 Å². The molecule has 0 spiro atoms. The van der Waals surface area contributed by atoms with E-state index in [9.17, 15) is 9.59 Å². The number of rotatable bonds is 5. The zero-order valence-electron chi connectivity index (χ0n) is 13.6. The van der Waals surface area contributed by atoms with Crippen LogP contribution < -0.4 is 15.8 Å². The summed E-state index contributed by atoms with van der Waals surface area (Å²) in [5.41, 5.74) is 5.64. The van der Waals surface area contributed by atoms with Gasteiger partial charge in [-0.3, -0.25) is 9.59 Å². The first kappa shape index (κ1) is 18.6. The monoisotopic (exact) mass is 402 g/mol. The van der Waals surface area contributed by atoms with Crippen LogP contribution >= 0.6 is 23.2 Å². The molecule has 2 aromatic heterocycles. The summed E-state index contributed by atoms with van der Waals surface area (Å²) in [7, 11) is 0. The van der Waals surface area contributed by atoms with Crippen molar-refractivity contribution < 1.29 is 14.3 Å². The van der Waals surface area contributed by atoms with Crippen molar-refractivity contribution in [2.45, 2.75) is 0 Å². The zero-order valence-corrected chi connectivity index (χ0v) is 15.2. The molecule has 0 aliphatic heterocycles. The summed E-state index contributed by atoms with van der Waals surface area (Å²) < 4.78 is 5.62. The van der Waals surface area contributed by atoms with Crippen molar-refractivity contribution in [2.24, 2.45) is 5.73 Å². The van der Waals surface area contributed by atoms with E-state index in [1.165, 1.54) is 24.4 Å². The Bertz CT molecular complexity index is 1030. The number of hydrogen-bond donors (Lipinski definition) is 2. The average Bonchev–Trinajstić information content (AvgIpc) is 2.63. The van der Waals surface area contributed by atoms with Crippen molar-refractivity contribution in [1.82, 2.24) is 9.97 Å². The minimum atomic E-state index is -0.727. The Hall–Kier alpha value is -3.16.